The van der Waals surface area contributed by atoms with Gasteiger partial charge in [-0.25, -0.2) is 8.42 Å². The maximum Gasteiger partial charge on any atom is 0.175 e. The average Bonchev–Trinajstić information content (AvgIpc) is 2.38. The molecule has 0 fully saturated rings. The van der Waals surface area contributed by atoms with Gasteiger partial charge in [-0.3, -0.25) is 0 Å². The van der Waals surface area contributed by atoms with E-state index in [0.717, 1.165) is 21.4 Å². The number of hydrogen-bond acceptors (Lipinski definition) is 4. The summed E-state index contributed by atoms with van der Waals surface area (Å²) in [5.74, 6) is 0. The molecule has 0 atom stereocenters. The van der Waals surface area contributed by atoms with E-state index in [1.807, 2.05) is 18.2 Å². The number of nitrogens with two attached hydrogens (primary N) is 1. The van der Waals surface area contributed by atoms with Crippen LogP contribution in [0, 0.1) is 0 Å². The molecule has 3 N–H and O–H groups in total. The Labute approximate surface area is 137 Å². The Hall–Kier alpha value is -1.44. The summed E-state index contributed by atoms with van der Waals surface area (Å²) in [7, 11) is -3.20. The quantitative estimate of drug-likeness (QED) is 0.791. The van der Waals surface area contributed by atoms with E-state index in [9.17, 15) is 8.42 Å². The molecular formula is C14H13BrN2O2S2. The van der Waals surface area contributed by atoms with E-state index >= 15 is 0 Å². The number of hydrogen-bond donors (Lipinski definition) is 2. The Balaban J connectivity index is 2.34. The van der Waals surface area contributed by atoms with Crippen LogP contribution in [-0.2, 0) is 9.84 Å². The first-order valence-electron chi connectivity index (χ1n) is 5.94. The highest BCUT2D eigenvalue weighted by Gasteiger charge is 2.09. The number of benzene rings is 2. The summed E-state index contributed by atoms with van der Waals surface area (Å²) in [6, 6.07) is 12.0. The monoisotopic (exact) mass is 384 g/mol. The van der Waals surface area contributed by atoms with Crippen LogP contribution in [0.25, 0.3) is 0 Å². The first kappa shape index (κ1) is 15.9. The van der Waals surface area contributed by atoms with Crippen molar-refractivity contribution < 1.29 is 8.42 Å². The molecule has 2 aromatic rings. The second-order valence-corrected chi connectivity index (χ2v) is 7.85. The van der Waals surface area contributed by atoms with E-state index in [2.05, 4.69) is 21.2 Å². The van der Waals surface area contributed by atoms with Crippen LogP contribution < -0.4 is 11.1 Å². The lowest BCUT2D eigenvalue weighted by Crippen LogP contribution is -2.11. The molecule has 0 spiro atoms. The molecular weight excluding hydrogens is 372 g/mol. The van der Waals surface area contributed by atoms with Crippen molar-refractivity contribution in [1.82, 2.24) is 0 Å². The van der Waals surface area contributed by atoms with Crippen LogP contribution >= 0.6 is 28.1 Å². The standard InChI is InChI=1S/C14H13BrN2O2S2/c1-21(18,19)11-5-3-10(4-6-11)17-13-8-9(15)2-7-12(13)14(16)20/h2-8,17H,1H3,(H2,16,20). The molecule has 0 amide bonds. The molecule has 110 valence electrons. The molecule has 4 nitrogen and oxygen atoms in total. The summed E-state index contributed by atoms with van der Waals surface area (Å²) in [5.41, 5.74) is 7.92. The Morgan fingerprint density at radius 1 is 1.19 bits per heavy atom. The van der Waals surface area contributed by atoms with Gasteiger partial charge in [-0.1, -0.05) is 28.1 Å². The second-order valence-electron chi connectivity index (χ2n) is 4.48. The minimum absolute atomic E-state index is 0.275. The van der Waals surface area contributed by atoms with Crippen LogP contribution in [-0.4, -0.2) is 19.7 Å². The third-order valence-electron chi connectivity index (χ3n) is 2.81. The van der Waals surface area contributed by atoms with Gasteiger partial charge in [0.2, 0.25) is 0 Å². The number of thiocarbonyl (C=S) groups is 1. The molecule has 7 heteroatoms. The molecule has 2 rings (SSSR count). The van der Waals surface area contributed by atoms with E-state index in [1.54, 1.807) is 24.3 Å². The molecule has 0 saturated carbocycles. The Morgan fingerprint density at radius 3 is 2.33 bits per heavy atom. The average molecular weight is 385 g/mol. The van der Waals surface area contributed by atoms with E-state index < -0.39 is 9.84 Å². The van der Waals surface area contributed by atoms with Gasteiger partial charge in [-0.15, -0.1) is 0 Å². The molecule has 0 saturated heterocycles. The number of sulfone groups is 1. The molecule has 0 aromatic heterocycles. The predicted octanol–water partition coefficient (Wildman–Crippen LogP) is 3.23. The lowest BCUT2D eigenvalue weighted by molar-refractivity contribution is 0.602. The Bertz CT molecular complexity index is 787. The van der Waals surface area contributed by atoms with Crippen LogP contribution in [0.15, 0.2) is 51.8 Å². The van der Waals surface area contributed by atoms with E-state index in [4.69, 9.17) is 18.0 Å². The normalized spacial score (nSPS) is 11.1. The van der Waals surface area contributed by atoms with Crippen LogP contribution in [0.2, 0.25) is 0 Å². The highest BCUT2D eigenvalue weighted by molar-refractivity contribution is 9.10. The summed E-state index contributed by atoms with van der Waals surface area (Å²) in [5, 5.41) is 3.18. The molecule has 21 heavy (non-hydrogen) atoms. The summed E-state index contributed by atoms with van der Waals surface area (Å²) in [6.45, 7) is 0. The third-order valence-corrected chi connectivity index (χ3v) is 4.65. The number of nitrogens with one attached hydrogen (secondary N) is 1. The van der Waals surface area contributed by atoms with E-state index in [1.165, 1.54) is 6.26 Å². The zero-order valence-electron chi connectivity index (χ0n) is 11.1. The fraction of sp³-hybridized carbons (Fsp3) is 0.0714. The zero-order valence-corrected chi connectivity index (χ0v) is 14.3. The molecule has 0 bridgehead atoms. The summed E-state index contributed by atoms with van der Waals surface area (Å²) in [4.78, 5) is 0.564. The van der Waals surface area contributed by atoms with Crippen LogP contribution in [0.5, 0.6) is 0 Å². The molecule has 0 aliphatic carbocycles. The SMILES string of the molecule is CS(=O)(=O)c1ccc(Nc2cc(Br)ccc2C(N)=S)cc1. The fourth-order valence-corrected chi connectivity index (χ4v) is 2.95. The molecule has 0 aliphatic heterocycles. The van der Waals surface area contributed by atoms with Crippen molar-refractivity contribution >= 4 is 54.3 Å². The molecule has 0 unspecified atom stereocenters. The molecule has 2 aromatic carbocycles. The van der Waals surface area contributed by atoms with Crippen molar-refractivity contribution in [2.45, 2.75) is 4.90 Å². The van der Waals surface area contributed by atoms with Crippen molar-refractivity contribution in [2.75, 3.05) is 11.6 Å². The highest BCUT2D eigenvalue weighted by atomic mass is 79.9. The molecule has 0 heterocycles. The lowest BCUT2D eigenvalue weighted by atomic mass is 10.1. The number of anilines is 2. The number of halogens is 1. The van der Waals surface area contributed by atoms with Crippen molar-refractivity contribution in [3.8, 4) is 0 Å². The molecule has 0 aliphatic rings. The van der Waals surface area contributed by atoms with Crippen LogP contribution in [0.3, 0.4) is 0 Å². The predicted molar refractivity (Wildman–Crippen MR) is 92.9 cm³/mol. The van der Waals surface area contributed by atoms with E-state index in [-0.39, 0.29) is 9.88 Å². The minimum Gasteiger partial charge on any atom is -0.389 e. The maximum absolute atomic E-state index is 11.4. The van der Waals surface area contributed by atoms with Gasteiger partial charge >= 0.3 is 0 Å². The van der Waals surface area contributed by atoms with Gasteiger partial charge in [0.25, 0.3) is 0 Å². The van der Waals surface area contributed by atoms with Gasteiger partial charge in [-0.05, 0) is 42.5 Å². The summed E-state index contributed by atoms with van der Waals surface area (Å²) < 4.78 is 23.7. The number of rotatable bonds is 4. The van der Waals surface area contributed by atoms with Crippen molar-refractivity contribution in [3.63, 3.8) is 0 Å². The summed E-state index contributed by atoms with van der Waals surface area (Å²) in [6.07, 6.45) is 1.18. The summed E-state index contributed by atoms with van der Waals surface area (Å²) >= 11 is 8.41. The third kappa shape index (κ3) is 4.03. The first-order valence-corrected chi connectivity index (χ1v) is 9.03. The maximum atomic E-state index is 11.4. The lowest BCUT2D eigenvalue weighted by Gasteiger charge is -2.12. The van der Waals surface area contributed by atoms with Gasteiger partial charge in [-0.2, -0.15) is 0 Å². The minimum atomic E-state index is -3.20. The van der Waals surface area contributed by atoms with E-state index in [0.29, 0.717) is 0 Å². The fourth-order valence-electron chi connectivity index (χ4n) is 1.78. The largest absolute Gasteiger partial charge is 0.389 e. The van der Waals surface area contributed by atoms with Crippen molar-refractivity contribution in [3.05, 3.63) is 52.5 Å². The van der Waals surface area contributed by atoms with Crippen molar-refractivity contribution in [1.29, 1.82) is 0 Å². The van der Waals surface area contributed by atoms with Gasteiger partial charge in [0.1, 0.15) is 4.99 Å². The van der Waals surface area contributed by atoms with Crippen molar-refractivity contribution in [2.24, 2.45) is 5.73 Å². The van der Waals surface area contributed by atoms with Gasteiger partial charge in [0.05, 0.1) is 4.90 Å². The highest BCUT2D eigenvalue weighted by Crippen LogP contribution is 2.25. The molecule has 0 radical (unpaired) electrons. The second kappa shape index (κ2) is 6.13. The van der Waals surface area contributed by atoms with Gasteiger partial charge in [0, 0.05) is 27.7 Å². The van der Waals surface area contributed by atoms with Crippen LogP contribution in [0.4, 0.5) is 11.4 Å². The van der Waals surface area contributed by atoms with Crippen LogP contribution in [0.1, 0.15) is 5.56 Å². The zero-order chi connectivity index (χ0) is 15.6. The van der Waals surface area contributed by atoms with Gasteiger partial charge < -0.3 is 11.1 Å². The topological polar surface area (TPSA) is 72.2 Å². The smallest absolute Gasteiger partial charge is 0.175 e. The van der Waals surface area contributed by atoms with Gasteiger partial charge in [0.15, 0.2) is 9.84 Å². The first-order chi connectivity index (χ1) is 9.77. The Morgan fingerprint density at radius 2 is 1.81 bits per heavy atom. The Kier molecular flexibility index (Phi) is 4.65.